The fraction of sp³-hybridized carbons (Fsp3) is 0.176. The van der Waals surface area contributed by atoms with E-state index in [1.54, 1.807) is 6.21 Å². The van der Waals surface area contributed by atoms with Gasteiger partial charge in [-0.1, -0.05) is 39.3 Å². The van der Waals surface area contributed by atoms with Gasteiger partial charge >= 0.3 is 0 Å². The predicted molar refractivity (Wildman–Crippen MR) is 92.2 cm³/mol. The molecule has 0 aromatic heterocycles. The molecular weight excluding hydrogens is 344 g/mol. The zero-order valence-electron chi connectivity index (χ0n) is 12.5. The Morgan fingerprint density at radius 2 is 1.82 bits per heavy atom. The molecule has 5 heteroatoms. The van der Waals surface area contributed by atoms with E-state index in [1.807, 2.05) is 50.2 Å². The highest BCUT2D eigenvalue weighted by atomic mass is 79.9. The monoisotopic (exact) mass is 360 g/mol. The van der Waals surface area contributed by atoms with Crippen molar-refractivity contribution in [3.8, 4) is 0 Å². The van der Waals surface area contributed by atoms with Gasteiger partial charge in [-0.3, -0.25) is 4.79 Å². The summed E-state index contributed by atoms with van der Waals surface area (Å²) in [6.45, 7) is 3.85. The Balaban J connectivity index is 1.81. The van der Waals surface area contributed by atoms with E-state index in [0.29, 0.717) is 0 Å². The molecule has 0 heterocycles. The van der Waals surface area contributed by atoms with Crippen LogP contribution in [0.3, 0.4) is 0 Å². The molecule has 22 heavy (non-hydrogen) atoms. The average Bonchev–Trinajstić information content (AvgIpc) is 2.44. The van der Waals surface area contributed by atoms with Gasteiger partial charge in [0.15, 0.2) is 6.61 Å². The van der Waals surface area contributed by atoms with Crippen LogP contribution in [0.2, 0.25) is 0 Å². The number of anilines is 1. The maximum Gasteiger partial charge on any atom is 0.265 e. The van der Waals surface area contributed by atoms with Crippen molar-refractivity contribution < 1.29 is 9.63 Å². The topological polar surface area (TPSA) is 50.7 Å². The lowest BCUT2D eigenvalue weighted by atomic mass is 10.1. The maximum atomic E-state index is 11.8. The first kappa shape index (κ1) is 16.2. The molecule has 4 nitrogen and oxygen atoms in total. The summed E-state index contributed by atoms with van der Waals surface area (Å²) in [5, 5.41) is 6.57. The molecule has 114 valence electrons. The summed E-state index contributed by atoms with van der Waals surface area (Å²) < 4.78 is 0.999. The first-order valence-corrected chi connectivity index (χ1v) is 7.61. The number of nitrogens with zero attached hydrogens (tertiary/aromatic N) is 1. The summed E-state index contributed by atoms with van der Waals surface area (Å²) in [7, 11) is 0. The zero-order valence-corrected chi connectivity index (χ0v) is 14.1. The van der Waals surface area contributed by atoms with Gasteiger partial charge < -0.3 is 10.2 Å². The molecule has 0 aliphatic rings. The van der Waals surface area contributed by atoms with Gasteiger partial charge in [0.1, 0.15) is 0 Å². The summed E-state index contributed by atoms with van der Waals surface area (Å²) in [5.41, 5.74) is 3.87. The number of hydrogen-bond donors (Lipinski definition) is 1. The molecule has 0 spiro atoms. The number of aryl methyl sites for hydroxylation is 2. The fourth-order valence-electron chi connectivity index (χ4n) is 1.99. The quantitative estimate of drug-likeness (QED) is 0.645. The number of halogens is 1. The van der Waals surface area contributed by atoms with Gasteiger partial charge in [-0.2, -0.15) is 0 Å². The summed E-state index contributed by atoms with van der Waals surface area (Å²) >= 11 is 3.36. The molecule has 2 aromatic rings. The van der Waals surface area contributed by atoms with E-state index in [1.165, 1.54) is 0 Å². The maximum absolute atomic E-state index is 11.8. The van der Waals surface area contributed by atoms with Crippen molar-refractivity contribution in [3.05, 3.63) is 63.6 Å². The second-order valence-corrected chi connectivity index (χ2v) is 5.90. The van der Waals surface area contributed by atoms with Gasteiger partial charge in [0.05, 0.1) is 6.21 Å². The van der Waals surface area contributed by atoms with E-state index in [4.69, 9.17) is 4.84 Å². The van der Waals surface area contributed by atoms with E-state index in [9.17, 15) is 4.79 Å². The van der Waals surface area contributed by atoms with Gasteiger partial charge in [-0.25, -0.2) is 0 Å². The number of benzene rings is 2. The van der Waals surface area contributed by atoms with Crippen LogP contribution in [0.4, 0.5) is 5.69 Å². The standard InChI is InChI=1S/C17H17BrN2O2/c1-12-7-13(2)9-16(8-12)20-17(21)11-22-19-10-14-3-5-15(18)6-4-14/h3-10H,11H2,1-2H3,(H,20,21)/b19-10-. The molecular formula is C17H17BrN2O2. The molecule has 0 saturated carbocycles. The molecule has 0 saturated heterocycles. The van der Waals surface area contributed by atoms with Gasteiger partial charge in [0, 0.05) is 10.2 Å². The number of carbonyl (C=O) groups excluding carboxylic acids is 1. The third-order valence-corrected chi connectivity index (χ3v) is 3.38. The SMILES string of the molecule is Cc1cc(C)cc(NC(=O)CO/N=C\c2ccc(Br)cc2)c1. The van der Waals surface area contributed by atoms with Crippen LogP contribution in [0.15, 0.2) is 52.1 Å². The number of oxime groups is 1. The molecule has 0 atom stereocenters. The zero-order chi connectivity index (χ0) is 15.9. The lowest BCUT2D eigenvalue weighted by Crippen LogP contribution is -2.17. The minimum Gasteiger partial charge on any atom is -0.386 e. The molecule has 1 amide bonds. The Hall–Kier alpha value is -2.14. The molecule has 0 fully saturated rings. The van der Waals surface area contributed by atoms with Gasteiger partial charge in [0.25, 0.3) is 5.91 Å². The third kappa shape index (κ3) is 5.33. The van der Waals surface area contributed by atoms with Gasteiger partial charge in [-0.05, 0) is 54.8 Å². The Morgan fingerprint density at radius 3 is 2.45 bits per heavy atom. The molecule has 0 aliphatic heterocycles. The summed E-state index contributed by atoms with van der Waals surface area (Å²) in [4.78, 5) is 16.8. The van der Waals surface area contributed by atoms with E-state index in [0.717, 1.165) is 26.9 Å². The van der Waals surface area contributed by atoms with Crippen LogP contribution >= 0.6 is 15.9 Å². The second-order valence-electron chi connectivity index (χ2n) is 4.98. The Morgan fingerprint density at radius 1 is 1.18 bits per heavy atom. The number of carbonyl (C=O) groups is 1. The predicted octanol–water partition coefficient (Wildman–Crippen LogP) is 4.06. The van der Waals surface area contributed by atoms with Crippen molar-refractivity contribution in [2.75, 3.05) is 11.9 Å². The number of nitrogens with one attached hydrogen (secondary N) is 1. The molecule has 0 bridgehead atoms. The molecule has 2 aromatic carbocycles. The van der Waals surface area contributed by atoms with E-state index in [2.05, 4.69) is 32.5 Å². The first-order valence-electron chi connectivity index (χ1n) is 6.82. The van der Waals surface area contributed by atoms with Crippen LogP contribution in [0.25, 0.3) is 0 Å². The highest BCUT2D eigenvalue weighted by Gasteiger charge is 2.03. The third-order valence-electron chi connectivity index (χ3n) is 2.85. The van der Waals surface area contributed by atoms with Crippen molar-refractivity contribution in [2.24, 2.45) is 5.16 Å². The van der Waals surface area contributed by atoms with Crippen molar-refractivity contribution in [1.82, 2.24) is 0 Å². The van der Waals surface area contributed by atoms with E-state index < -0.39 is 0 Å². The number of rotatable bonds is 5. The first-order chi connectivity index (χ1) is 10.5. The smallest absolute Gasteiger partial charge is 0.265 e. The van der Waals surface area contributed by atoms with Gasteiger partial charge in [-0.15, -0.1) is 0 Å². The Kier molecular flexibility index (Phi) is 5.72. The Bertz CT molecular complexity index is 661. The van der Waals surface area contributed by atoms with Crippen LogP contribution < -0.4 is 5.32 Å². The average molecular weight is 361 g/mol. The van der Waals surface area contributed by atoms with Crippen LogP contribution in [-0.2, 0) is 9.63 Å². The normalized spacial score (nSPS) is 10.7. The summed E-state index contributed by atoms with van der Waals surface area (Å²) in [5.74, 6) is -0.238. The highest BCUT2D eigenvalue weighted by Crippen LogP contribution is 2.13. The minimum atomic E-state index is -0.238. The molecule has 1 N–H and O–H groups in total. The largest absolute Gasteiger partial charge is 0.386 e. The number of hydrogen-bond acceptors (Lipinski definition) is 3. The Labute approximate surface area is 138 Å². The molecule has 0 aliphatic carbocycles. The lowest BCUT2D eigenvalue weighted by Gasteiger charge is -2.06. The minimum absolute atomic E-state index is 0.125. The van der Waals surface area contributed by atoms with E-state index >= 15 is 0 Å². The summed E-state index contributed by atoms with van der Waals surface area (Å²) in [6.07, 6.45) is 1.57. The molecule has 0 unspecified atom stereocenters. The van der Waals surface area contributed by atoms with Crippen molar-refractivity contribution in [3.63, 3.8) is 0 Å². The fourth-order valence-corrected chi connectivity index (χ4v) is 2.25. The van der Waals surface area contributed by atoms with Crippen molar-refractivity contribution in [2.45, 2.75) is 13.8 Å². The van der Waals surface area contributed by atoms with Crippen molar-refractivity contribution >= 4 is 33.7 Å². The van der Waals surface area contributed by atoms with E-state index in [-0.39, 0.29) is 12.5 Å². The number of amides is 1. The van der Waals surface area contributed by atoms with Crippen LogP contribution in [0, 0.1) is 13.8 Å². The van der Waals surface area contributed by atoms with Crippen molar-refractivity contribution in [1.29, 1.82) is 0 Å². The van der Waals surface area contributed by atoms with Crippen LogP contribution in [0.5, 0.6) is 0 Å². The summed E-state index contributed by atoms with van der Waals surface area (Å²) in [6, 6.07) is 13.5. The second kappa shape index (κ2) is 7.75. The van der Waals surface area contributed by atoms with Crippen LogP contribution in [-0.4, -0.2) is 18.7 Å². The van der Waals surface area contributed by atoms with Crippen LogP contribution in [0.1, 0.15) is 16.7 Å². The highest BCUT2D eigenvalue weighted by molar-refractivity contribution is 9.10. The van der Waals surface area contributed by atoms with Gasteiger partial charge in [0.2, 0.25) is 0 Å². The lowest BCUT2D eigenvalue weighted by molar-refractivity contribution is -0.120. The molecule has 2 rings (SSSR count). The molecule has 0 radical (unpaired) electrons.